The van der Waals surface area contributed by atoms with Crippen LogP contribution < -0.4 is 5.32 Å². The van der Waals surface area contributed by atoms with Gasteiger partial charge >= 0.3 is 0 Å². The molecule has 0 spiro atoms. The standard InChI is InChI=1S/C13H13ClN4S/c1-8(13-15-5-6-18(13)2)17-11-9(14)3-4-10-12(11)16-7-19-10/h3-8,17H,1-2H3. The Morgan fingerprint density at radius 3 is 2.95 bits per heavy atom. The van der Waals surface area contributed by atoms with Gasteiger partial charge in [-0.2, -0.15) is 0 Å². The minimum atomic E-state index is 0.0600. The van der Waals surface area contributed by atoms with Crippen molar-refractivity contribution in [2.75, 3.05) is 5.32 Å². The van der Waals surface area contributed by atoms with Crippen LogP contribution in [0.1, 0.15) is 18.8 Å². The molecule has 0 radical (unpaired) electrons. The Morgan fingerprint density at radius 2 is 2.21 bits per heavy atom. The van der Waals surface area contributed by atoms with Crippen LogP contribution in [-0.4, -0.2) is 14.5 Å². The van der Waals surface area contributed by atoms with Crippen LogP contribution >= 0.6 is 22.9 Å². The molecule has 19 heavy (non-hydrogen) atoms. The minimum Gasteiger partial charge on any atom is -0.372 e. The summed E-state index contributed by atoms with van der Waals surface area (Å²) in [5.41, 5.74) is 3.62. The number of nitrogens with one attached hydrogen (secondary N) is 1. The number of thiazole rings is 1. The maximum Gasteiger partial charge on any atom is 0.130 e. The van der Waals surface area contributed by atoms with E-state index in [4.69, 9.17) is 11.6 Å². The summed E-state index contributed by atoms with van der Waals surface area (Å²) >= 11 is 7.89. The Hall–Kier alpha value is -1.59. The molecule has 0 saturated heterocycles. The maximum atomic E-state index is 6.28. The first-order valence-electron chi connectivity index (χ1n) is 5.92. The van der Waals surface area contributed by atoms with E-state index >= 15 is 0 Å². The molecule has 1 unspecified atom stereocenters. The molecule has 1 atom stereocenters. The molecule has 1 N–H and O–H groups in total. The predicted molar refractivity (Wildman–Crippen MR) is 79.9 cm³/mol. The van der Waals surface area contributed by atoms with Crippen LogP contribution in [0.25, 0.3) is 10.2 Å². The Balaban J connectivity index is 1.99. The van der Waals surface area contributed by atoms with Crippen LogP contribution in [0, 0.1) is 0 Å². The van der Waals surface area contributed by atoms with Gasteiger partial charge in [-0.25, -0.2) is 9.97 Å². The highest BCUT2D eigenvalue weighted by Gasteiger charge is 2.15. The number of rotatable bonds is 3. The van der Waals surface area contributed by atoms with Crippen LogP contribution in [0.4, 0.5) is 5.69 Å². The number of aromatic nitrogens is 3. The van der Waals surface area contributed by atoms with E-state index in [0.717, 1.165) is 21.7 Å². The molecule has 6 heteroatoms. The first kappa shape index (κ1) is 12.4. The van der Waals surface area contributed by atoms with Crippen molar-refractivity contribution in [1.82, 2.24) is 14.5 Å². The summed E-state index contributed by atoms with van der Waals surface area (Å²) in [5.74, 6) is 0.961. The summed E-state index contributed by atoms with van der Waals surface area (Å²) in [5, 5.41) is 4.09. The van der Waals surface area contributed by atoms with Gasteiger partial charge in [0.05, 0.1) is 27.0 Å². The van der Waals surface area contributed by atoms with Gasteiger partial charge in [-0.1, -0.05) is 11.6 Å². The number of hydrogen-bond acceptors (Lipinski definition) is 4. The summed E-state index contributed by atoms with van der Waals surface area (Å²) < 4.78 is 3.12. The highest BCUT2D eigenvalue weighted by atomic mass is 35.5. The summed E-state index contributed by atoms with van der Waals surface area (Å²) in [6, 6.07) is 3.95. The zero-order valence-corrected chi connectivity index (χ0v) is 12.2. The van der Waals surface area contributed by atoms with Crippen molar-refractivity contribution >= 4 is 38.8 Å². The third kappa shape index (κ3) is 2.19. The van der Waals surface area contributed by atoms with Gasteiger partial charge in [0.2, 0.25) is 0 Å². The molecule has 0 saturated carbocycles. The van der Waals surface area contributed by atoms with Crippen LogP contribution in [0.2, 0.25) is 5.02 Å². The van der Waals surface area contributed by atoms with Crippen molar-refractivity contribution in [1.29, 1.82) is 0 Å². The highest BCUT2D eigenvalue weighted by molar-refractivity contribution is 7.16. The fraction of sp³-hybridized carbons (Fsp3) is 0.231. The number of fused-ring (bicyclic) bond motifs is 1. The molecule has 4 nitrogen and oxygen atoms in total. The molecule has 0 aliphatic carbocycles. The van der Waals surface area contributed by atoms with Gasteiger partial charge < -0.3 is 9.88 Å². The van der Waals surface area contributed by atoms with E-state index in [-0.39, 0.29) is 6.04 Å². The Morgan fingerprint density at radius 1 is 1.37 bits per heavy atom. The molecule has 2 heterocycles. The lowest BCUT2D eigenvalue weighted by Gasteiger charge is -2.16. The third-order valence-corrected chi connectivity index (χ3v) is 4.17. The van der Waals surface area contributed by atoms with Gasteiger partial charge in [-0.3, -0.25) is 0 Å². The quantitative estimate of drug-likeness (QED) is 0.797. The molecule has 0 aliphatic heterocycles. The molecular formula is C13H13ClN4S. The molecule has 3 rings (SSSR count). The number of aryl methyl sites for hydroxylation is 1. The van der Waals surface area contributed by atoms with E-state index in [1.54, 1.807) is 17.5 Å². The van der Waals surface area contributed by atoms with Crippen molar-refractivity contribution in [3.63, 3.8) is 0 Å². The summed E-state index contributed by atoms with van der Waals surface area (Å²) in [4.78, 5) is 8.73. The van der Waals surface area contributed by atoms with E-state index in [0.29, 0.717) is 5.02 Å². The minimum absolute atomic E-state index is 0.0600. The van der Waals surface area contributed by atoms with Crippen molar-refractivity contribution < 1.29 is 0 Å². The predicted octanol–water partition coefficient (Wildman–Crippen LogP) is 3.86. The molecule has 0 amide bonds. The Kier molecular flexibility index (Phi) is 3.16. The lowest BCUT2D eigenvalue weighted by Crippen LogP contribution is -2.12. The summed E-state index contributed by atoms with van der Waals surface area (Å²) in [6.07, 6.45) is 3.72. The smallest absolute Gasteiger partial charge is 0.130 e. The van der Waals surface area contributed by atoms with E-state index in [2.05, 4.69) is 22.2 Å². The number of benzene rings is 1. The maximum absolute atomic E-state index is 6.28. The SMILES string of the molecule is CC(Nc1c(Cl)ccc2scnc12)c1nccn1C. The van der Waals surface area contributed by atoms with Crippen molar-refractivity contribution in [3.05, 3.63) is 40.9 Å². The zero-order valence-electron chi connectivity index (χ0n) is 10.6. The van der Waals surface area contributed by atoms with Gasteiger partial charge in [0.25, 0.3) is 0 Å². The lowest BCUT2D eigenvalue weighted by molar-refractivity contribution is 0.722. The topological polar surface area (TPSA) is 42.7 Å². The molecule has 98 valence electrons. The van der Waals surface area contributed by atoms with Gasteiger partial charge in [0, 0.05) is 19.4 Å². The average Bonchev–Trinajstić information content (AvgIpc) is 3.01. The molecule has 3 aromatic rings. The molecule has 1 aromatic carbocycles. The third-order valence-electron chi connectivity index (χ3n) is 3.06. The van der Waals surface area contributed by atoms with Crippen molar-refractivity contribution in [3.8, 4) is 0 Å². The monoisotopic (exact) mass is 292 g/mol. The van der Waals surface area contributed by atoms with Gasteiger partial charge in [-0.05, 0) is 19.1 Å². The van der Waals surface area contributed by atoms with E-state index in [1.807, 2.05) is 35.5 Å². The zero-order chi connectivity index (χ0) is 13.4. The second-order valence-electron chi connectivity index (χ2n) is 4.38. The van der Waals surface area contributed by atoms with Crippen LogP contribution in [-0.2, 0) is 7.05 Å². The summed E-state index contributed by atoms with van der Waals surface area (Å²) in [6.45, 7) is 2.06. The normalized spacial score (nSPS) is 12.8. The molecule has 0 aliphatic rings. The highest BCUT2D eigenvalue weighted by Crippen LogP contribution is 2.34. The van der Waals surface area contributed by atoms with Crippen LogP contribution in [0.3, 0.4) is 0 Å². The van der Waals surface area contributed by atoms with Gasteiger partial charge in [0.15, 0.2) is 0 Å². The first-order valence-corrected chi connectivity index (χ1v) is 7.18. The number of imidazole rings is 1. The second-order valence-corrected chi connectivity index (χ2v) is 5.68. The number of anilines is 1. The summed E-state index contributed by atoms with van der Waals surface area (Å²) in [7, 11) is 1.98. The van der Waals surface area contributed by atoms with E-state index < -0.39 is 0 Å². The molecule has 2 aromatic heterocycles. The Bertz CT molecular complexity index is 718. The number of hydrogen-bond donors (Lipinski definition) is 1. The molecular weight excluding hydrogens is 280 g/mol. The van der Waals surface area contributed by atoms with E-state index in [9.17, 15) is 0 Å². The Labute approximate surface area is 120 Å². The lowest BCUT2D eigenvalue weighted by atomic mass is 10.2. The van der Waals surface area contributed by atoms with Crippen LogP contribution in [0.5, 0.6) is 0 Å². The average molecular weight is 293 g/mol. The van der Waals surface area contributed by atoms with Crippen LogP contribution in [0.15, 0.2) is 30.0 Å². The number of halogens is 1. The van der Waals surface area contributed by atoms with Gasteiger partial charge in [0.1, 0.15) is 11.3 Å². The molecule has 0 bridgehead atoms. The van der Waals surface area contributed by atoms with Gasteiger partial charge in [-0.15, -0.1) is 11.3 Å². The first-order chi connectivity index (χ1) is 9.16. The van der Waals surface area contributed by atoms with Crippen molar-refractivity contribution in [2.24, 2.45) is 7.05 Å². The molecule has 0 fully saturated rings. The van der Waals surface area contributed by atoms with E-state index in [1.165, 1.54) is 0 Å². The van der Waals surface area contributed by atoms with Crippen molar-refractivity contribution in [2.45, 2.75) is 13.0 Å². The largest absolute Gasteiger partial charge is 0.372 e. The fourth-order valence-corrected chi connectivity index (χ4v) is 3.01. The number of nitrogens with zero attached hydrogens (tertiary/aromatic N) is 3. The fourth-order valence-electron chi connectivity index (χ4n) is 2.12. The second kappa shape index (κ2) is 4.83.